The number of halogens is 1. The minimum Gasteiger partial charge on any atom is -0.495 e. The molecule has 0 atom stereocenters. The van der Waals surface area contributed by atoms with Crippen molar-refractivity contribution in [3.8, 4) is 28.9 Å². The SMILES string of the molecule is COc1ccc(-n2c(SCc3ccccc3C#N)nnc2-c2ccc(C(C)(C)C)cc2)cc1Cl. The molecule has 7 heteroatoms. The van der Waals surface area contributed by atoms with Crippen LogP contribution in [0.25, 0.3) is 17.1 Å². The van der Waals surface area contributed by atoms with E-state index in [0.717, 1.165) is 22.6 Å². The summed E-state index contributed by atoms with van der Waals surface area (Å²) in [5, 5.41) is 19.7. The molecule has 0 amide bonds. The van der Waals surface area contributed by atoms with Crippen molar-refractivity contribution in [1.29, 1.82) is 5.26 Å². The highest BCUT2D eigenvalue weighted by molar-refractivity contribution is 7.98. The minimum absolute atomic E-state index is 0.0604. The van der Waals surface area contributed by atoms with Crippen molar-refractivity contribution in [2.45, 2.75) is 37.1 Å². The molecule has 0 saturated heterocycles. The predicted octanol–water partition coefficient (Wildman–Crippen LogP) is 7.06. The van der Waals surface area contributed by atoms with Crippen LogP contribution < -0.4 is 4.74 Å². The third-order valence-corrected chi connectivity index (χ3v) is 6.80. The van der Waals surface area contributed by atoms with Gasteiger partial charge in [0.05, 0.1) is 29.5 Å². The van der Waals surface area contributed by atoms with Crippen LogP contribution in [-0.4, -0.2) is 21.9 Å². The molecule has 0 aliphatic heterocycles. The number of methoxy groups -OCH3 is 1. The van der Waals surface area contributed by atoms with Gasteiger partial charge in [0.15, 0.2) is 11.0 Å². The van der Waals surface area contributed by atoms with Crippen molar-refractivity contribution in [3.63, 3.8) is 0 Å². The summed E-state index contributed by atoms with van der Waals surface area (Å²) in [5.41, 5.74) is 4.71. The Hall–Kier alpha value is -3.27. The van der Waals surface area contributed by atoms with E-state index >= 15 is 0 Å². The van der Waals surface area contributed by atoms with Crippen LogP contribution in [-0.2, 0) is 11.2 Å². The van der Waals surface area contributed by atoms with Gasteiger partial charge in [-0.1, -0.05) is 86.6 Å². The largest absolute Gasteiger partial charge is 0.495 e. The molecule has 172 valence electrons. The summed E-state index contributed by atoms with van der Waals surface area (Å²) >= 11 is 7.99. The van der Waals surface area contributed by atoms with Gasteiger partial charge in [-0.25, -0.2) is 0 Å². The zero-order valence-electron chi connectivity index (χ0n) is 19.5. The summed E-state index contributed by atoms with van der Waals surface area (Å²) in [7, 11) is 1.59. The van der Waals surface area contributed by atoms with Crippen molar-refractivity contribution in [2.75, 3.05) is 7.11 Å². The van der Waals surface area contributed by atoms with Gasteiger partial charge in [-0.05, 0) is 40.8 Å². The van der Waals surface area contributed by atoms with Gasteiger partial charge in [0.1, 0.15) is 5.75 Å². The second kappa shape index (κ2) is 9.92. The molecule has 0 N–H and O–H groups in total. The van der Waals surface area contributed by atoms with Crippen LogP contribution in [0.3, 0.4) is 0 Å². The van der Waals surface area contributed by atoms with Gasteiger partial charge in [-0.2, -0.15) is 5.26 Å². The number of nitrogens with zero attached hydrogens (tertiary/aromatic N) is 4. The zero-order valence-corrected chi connectivity index (χ0v) is 21.1. The molecule has 0 spiro atoms. The number of ether oxygens (including phenoxy) is 1. The highest BCUT2D eigenvalue weighted by Crippen LogP contribution is 2.34. The first-order valence-corrected chi connectivity index (χ1v) is 12.2. The lowest BCUT2D eigenvalue weighted by molar-refractivity contribution is 0.415. The Morgan fingerprint density at radius 3 is 2.41 bits per heavy atom. The van der Waals surface area contributed by atoms with Crippen molar-refractivity contribution < 1.29 is 4.74 Å². The Labute approximate surface area is 209 Å². The maximum absolute atomic E-state index is 9.44. The molecular weight excluding hydrogens is 464 g/mol. The van der Waals surface area contributed by atoms with E-state index in [1.165, 1.54) is 17.3 Å². The zero-order chi connectivity index (χ0) is 24.3. The van der Waals surface area contributed by atoms with Gasteiger partial charge in [-0.3, -0.25) is 4.57 Å². The summed E-state index contributed by atoms with van der Waals surface area (Å²) in [6, 6.07) is 23.9. The Kier molecular flexibility index (Phi) is 6.97. The topological polar surface area (TPSA) is 63.7 Å². The molecule has 0 fully saturated rings. The first-order chi connectivity index (χ1) is 16.3. The first-order valence-electron chi connectivity index (χ1n) is 10.8. The molecule has 5 nitrogen and oxygen atoms in total. The molecule has 4 rings (SSSR count). The number of aromatic nitrogens is 3. The lowest BCUT2D eigenvalue weighted by atomic mass is 9.87. The predicted molar refractivity (Wildman–Crippen MR) is 138 cm³/mol. The van der Waals surface area contributed by atoms with Crippen molar-refractivity contribution in [3.05, 3.63) is 88.4 Å². The average molecular weight is 489 g/mol. The van der Waals surface area contributed by atoms with E-state index in [0.29, 0.717) is 27.2 Å². The van der Waals surface area contributed by atoms with E-state index < -0.39 is 0 Å². The Morgan fingerprint density at radius 2 is 1.76 bits per heavy atom. The van der Waals surface area contributed by atoms with E-state index in [4.69, 9.17) is 16.3 Å². The fourth-order valence-corrected chi connectivity index (χ4v) is 4.80. The molecule has 0 aliphatic rings. The monoisotopic (exact) mass is 488 g/mol. The maximum atomic E-state index is 9.44. The van der Waals surface area contributed by atoms with Gasteiger partial charge in [0, 0.05) is 11.3 Å². The average Bonchev–Trinajstić information content (AvgIpc) is 3.26. The Bertz CT molecular complexity index is 1350. The molecule has 4 aromatic rings. The number of rotatable bonds is 6. The first kappa shape index (κ1) is 23.9. The van der Waals surface area contributed by atoms with Crippen LogP contribution in [0.1, 0.15) is 37.5 Å². The highest BCUT2D eigenvalue weighted by Gasteiger charge is 2.19. The van der Waals surface area contributed by atoms with E-state index in [1.54, 1.807) is 7.11 Å². The van der Waals surface area contributed by atoms with Gasteiger partial charge in [0.2, 0.25) is 0 Å². The van der Waals surface area contributed by atoms with Crippen molar-refractivity contribution in [2.24, 2.45) is 0 Å². The van der Waals surface area contributed by atoms with Gasteiger partial charge < -0.3 is 4.74 Å². The lowest BCUT2D eigenvalue weighted by Gasteiger charge is -2.19. The molecule has 0 saturated carbocycles. The molecule has 1 heterocycles. The second-order valence-corrected chi connectivity index (χ2v) is 10.2. The van der Waals surface area contributed by atoms with Crippen LogP contribution in [0.2, 0.25) is 5.02 Å². The molecule has 1 aromatic heterocycles. The van der Waals surface area contributed by atoms with Crippen LogP contribution in [0.5, 0.6) is 5.75 Å². The van der Waals surface area contributed by atoms with Crippen molar-refractivity contribution >= 4 is 23.4 Å². The molecular formula is C27H25ClN4OS. The van der Waals surface area contributed by atoms with E-state index in [-0.39, 0.29) is 5.41 Å². The molecule has 0 aliphatic carbocycles. The number of thioether (sulfide) groups is 1. The summed E-state index contributed by atoms with van der Waals surface area (Å²) in [6.07, 6.45) is 0. The smallest absolute Gasteiger partial charge is 0.196 e. The summed E-state index contributed by atoms with van der Waals surface area (Å²) < 4.78 is 7.33. The molecule has 0 radical (unpaired) electrons. The summed E-state index contributed by atoms with van der Waals surface area (Å²) in [5.74, 6) is 1.92. The number of hydrogen-bond acceptors (Lipinski definition) is 5. The van der Waals surface area contributed by atoms with Gasteiger partial charge in [0.25, 0.3) is 0 Å². The third-order valence-electron chi connectivity index (χ3n) is 5.53. The fourth-order valence-electron chi connectivity index (χ4n) is 3.59. The highest BCUT2D eigenvalue weighted by atomic mass is 35.5. The molecule has 3 aromatic carbocycles. The van der Waals surface area contributed by atoms with Gasteiger partial charge >= 0.3 is 0 Å². The van der Waals surface area contributed by atoms with Crippen LogP contribution in [0.15, 0.2) is 71.9 Å². The van der Waals surface area contributed by atoms with Crippen LogP contribution >= 0.6 is 23.4 Å². The molecule has 34 heavy (non-hydrogen) atoms. The fraction of sp³-hybridized carbons (Fsp3) is 0.222. The van der Waals surface area contributed by atoms with E-state index in [1.807, 2.05) is 47.0 Å². The third kappa shape index (κ3) is 4.96. The maximum Gasteiger partial charge on any atom is 0.196 e. The summed E-state index contributed by atoms with van der Waals surface area (Å²) in [6.45, 7) is 6.58. The molecule has 0 unspecified atom stereocenters. The van der Waals surface area contributed by atoms with E-state index in [9.17, 15) is 5.26 Å². The second-order valence-electron chi connectivity index (χ2n) is 8.85. The number of benzene rings is 3. The quantitative estimate of drug-likeness (QED) is 0.272. The van der Waals surface area contributed by atoms with E-state index in [2.05, 4.69) is 61.3 Å². The van der Waals surface area contributed by atoms with Crippen LogP contribution in [0, 0.1) is 11.3 Å². The molecule has 0 bridgehead atoms. The standard InChI is InChI=1S/C27H25ClN4OS/c1-27(2,3)21-11-9-18(10-12-21)25-30-31-26(34-17-20-8-6-5-7-19(20)16-29)32(25)22-13-14-24(33-4)23(28)15-22/h5-15H,17H2,1-4H3. The van der Waals surface area contributed by atoms with Crippen molar-refractivity contribution in [1.82, 2.24) is 14.8 Å². The minimum atomic E-state index is 0.0604. The van der Waals surface area contributed by atoms with Crippen LogP contribution in [0.4, 0.5) is 0 Å². The normalized spacial score (nSPS) is 11.3. The number of hydrogen-bond donors (Lipinski definition) is 0. The number of nitriles is 1. The Morgan fingerprint density at radius 1 is 1.03 bits per heavy atom. The summed E-state index contributed by atoms with van der Waals surface area (Å²) in [4.78, 5) is 0. The lowest BCUT2D eigenvalue weighted by Crippen LogP contribution is -2.10. The van der Waals surface area contributed by atoms with Gasteiger partial charge in [-0.15, -0.1) is 10.2 Å². The Balaban J connectivity index is 1.77.